The Balaban J connectivity index is 1.67. The summed E-state index contributed by atoms with van der Waals surface area (Å²) in [6.07, 6.45) is 5.22. The highest BCUT2D eigenvalue weighted by molar-refractivity contribution is 7.98. The number of nitrogens with zero attached hydrogens (tertiary/aromatic N) is 9. The maximum atomic E-state index is 14.6. The van der Waals surface area contributed by atoms with Gasteiger partial charge in [0.05, 0.1) is 87.0 Å². The minimum absolute atomic E-state index is 0.00947. The lowest BCUT2D eigenvalue weighted by Crippen LogP contribution is -2.54. The zero-order chi connectivity index (χ0) is 70.2. The Labute approximate surface area is 566 Å². The number of nitrogens with one attached hydrogen (secondary N) is 5. The third-order valence-corrected chi connectivity index (χ3v) is 18.4. The summed E-state index contributed by atoms with van der Waals surface area (Å²) in [6.45, 7) is 19.2. The number of anilines is 1. The molecule has 1 aliphatic rings. The molecule has 27 nitrogen and oxygen atoms in total. The predicted molar refractivity (Wildman–Crippen MR) is 367 cm³/mol. The molecule has 94 heavy (non-hydrogen) atoms. The fraction of sp³-hybridized carbons (Fsp3) is 0.754. The molecular formula is C65H111N15O12S2. The third-order valence-electron chi connectivity index (χ3n) is 17.3. The molecule has 3 rings (SSSR count). The number of aromatic nitrogens is 3. The lowest BCUT2D eigenvalue weighted by atomic mass is 9.83. The molecule has 530 valence electrons. The number of benzene rings is 1. The second kappa shape index (κ2) is 43.2. The van der Waals surface area contributed by atoms with Gasteiger partial charge in [-0.15, -0.1) is 0 Å². The van der Waals surface area contributed by atoms with Crippen LogP contribution < -0.4 is 32.3 Å². The van der Waals surface area contributed by atoms with Crippen LogP contribution in [-0.4, -0.2) is 219 Å². The number of carbonyl (C=O) groups excluding carboxylic acids is 8. The summed E-state index contributed by atoms with van der Waals surface area (Å²) < 4.78 is 23.5. The highest BCUT2D eigenvalue weighted by Crippen LogP contribution is 2.31. The number of likely N-dealkylation sites (tertiary alicyclic amines) is 1. The first-order chi connectivity index (χ1) is 44.7. The molecule has 1 saturated heterocycles. The van der Waals surface area contributed by atoms with Crippen molar-refractivity contribution in [2.75, 3.05) is 99.3 Å². The summed E-state index contributed by atoms with van der Waals surface area (Å²) in [7, 11) is 8.54. The summed E-state index contributed by atoms with van der Waals surface area (Å²) in [5, 5.41) is 26.9. The summed E-state index contributed by atoms with van der Waals surface area (Å²) in [4.78, 5) is 119. The Morgan fingerprint density at radius 1 is 0.809 bits per heavy atom. The SMILES string of the molecule is CC[C@H](C)[C@@H]([C@@H](CC(=O)N1CCC[C@H]1[C@H](OC)[C@@H](C)C(=O)N[C@H](CN=[N+]=[N-])Cc1ccc(NC(=O)[C@H](CCCNC(N)=O)NC(=O)[C@@H](NC(=O)CCOCCOCCn2nc(CSC)c(CSC)n2)C(C)C)cc1)OC)N(C)C(=O)C(CC(=O)[C@H](C(C)C)N(C)C)C(C)C. The lowest BCUT2D eigenvalue weighted by Gasteiger charge is -2.41. The molecule has 0 spiro atoms. The van der Waals surface area contributed by atoms with Crippen LogP contribution in [0.2, 0.25) is 0 Å². The van der Waals surface area contributed by atoms with Gasteiger partial charge in [-0.3, -0.25) is 38.5 Å². The maximum absolute atomic E-state index is 14.6. The molecule has 0 aliphatic carbocycles. The van der Waals surface area contributed by atoms with Crippen LogP contribution in [0.15, 0.2) is 29.4 Å². The zero-order valence-electron chi connectivity index (χ0n) is 58.6. The van der Waals surface area contributed by atoms with Crippen molar-refractivity contribution in [2.45, 2.75) is 187 Å². The van der Waals surface area contributed by atoms with Crippen molar-refractivity contribution >= 4 is 76.5 Å². The molecule has 0 bridgehead atoms. The summed E-state index contributed by atoms with van der Waals surface area (Å²) in [5.41, 5.74) is 17.7. The predicted octanol–water partition coefficient (Wildman–Crippen LogP) is 6.22. The smallest absolute Gasteiger partial charge is 0.312 e. The number of methoxy groups -OCH3 is 2. The van der Waals surface area contributed by atoms with E-state index in [9.17, 15) is 43.9 Å². The average molecular weight is 1360 g/mol. The van der Waals surface area contributed by atoms with E-state index in [0.717, 1.165) is 28.5 Å². The van der Waals surface area contributed by atoms with Gasteiger partial charge in [0.1, 0.15) is 12.1 Å². The van der Waals surface area contributed by atoms with E-state index < -0.39 is 78.0 Å². The van der Waals surface area contributed by atoms with E-state index >= 15 is 0 Å². The van der Waals surface area contributed by atoms with Gasteiger partial charge < -0.3 is 61.1 Å². The van der Waals surface area contributed by atoms with Gasteiger partial charge in [-0.05, 0) is 106 Å². The number of urea groups is 1. The normalized spacial score (nSPS) is 16.5. The van der Waals surface area contributed by atoms with Crippen molar-refractivity contribution in [3.05, 3.63) is 51.7 Å². The number of thioether (sulfide) groups is 2. The number of amides is 8. The summed E-state index contributed by atoms with van der Waals surface area (Å²) in [6, 6.07) is 2.01. The van der Waals surface area contributed by atoms with E-state index in [4.69, 9.17) is 24.7 Å². The van der Waals surface area contributed by atoms with Gasteiger partial charge in [0, 0.05) is 87.8 Å². The third kappa shape index (κ3) is 26.9. The van der Waals surface area contributed by atoms with Crippen molar-refractivity contribution in [3.63, 3.8) is 0 Å². The van der Waals surface area contributed by atoms with Crippen LogP contribution in [0.3, 0.4) is 0 Å². The summed E-state index contributed by atoms with van der Waals surface area (Å²) in [5.74, 6) is -2.57. The second-order valence-electron chi connectivity index (χ2n) is 25.6. The minimum atomic E-state index is -1.09. The van der Waals surface area contributed by atoms with E-state index in [1.54, 1.807) is 97.3 Å². The topological polar surface area (TPSA) is 349 Å². The van der Waals surface area contributed by atoms with Crippen LogP contribution in [0, 0.1) is 35.5 Å². The van der Waals surface area contributed by atoms with Crippen LogP contribution in [0.5, 0.6) is 0 Å². The molecule has 0 saturated carbocycles. The van der Waals surface area contributed by atoms with Gasteiger partial charge >= 0.3 is 6.03 Å². The maximum Gasteiger partial charge on any atom is 0.312 e. The minimum Gasteiger partial charge on any atom is -0.379 e. The molecule has 1 aliphatic heterocycles. The second-order valence-corrected chi connectivity index (χ2v) is 27.3. The highest BCUT2D eigenvalue weighted by Gasteiger charge is 2.44. The number of azide groups is 1. The van der Waals surface area contributed by atoms with Crippen LogP contribution in [0.1, 0.15) is 131 Å². The van der Waals surface area contributed by atoms with E-state index in [1.165, 1.54) is 7.11 Å². The Morgan fingerprint density at radius 3 is 1.99 bits per heavy atom. The molecule has 0 radical (unpaired) electrons. The summed E-state index contributed by atoms with van der Waals surface area (Å²) >= 11 is 3.38. The van der Waals surface area contributed by atoms with Crippen LogP contribution in [-0.2, 0) is 77.0 Å². The average Bonchev–Trinajstić information content (AvgIpc) is 1.37. The first-order valence-electron chi connectivity index (χ1n) is 32.9. The number of ether oxygens (including phenoxy) is 4. The molecule has 1 aromatic heterocycles. The molecule has 7 N–H and O–H groups in total. The Hall–Kier alpha value is -6.07. The number of carbonyl (C=O) groups is 8. The first kappa shape index (κ1) is 82.2. The quantitative estimate of drug-likeness (QED) is 0.0185. The molecule has 8 amide bonds. The van der Waals surface area contributed by atoms with E-state index in [0.29, 0.717) is 51.3 Å². The van der Waals surface area contributed by atoms with Crippen LogP contribution in [0.4, 0.5) is 10.5 Å². The fourth-order valence-corrected chi connectivity index (χ4v) is 13.1. The van der Waals surface area contributed by atoms with Gasteiger partial charge in [0.25, 0.3) is 0 Å². The number of hydrogen-bond acceptors (Lipinski definition) is 18. The molecule has 11 atom stereocenters. The van der Waals surface area contributed by atoms with Crippen molar-refractivity contribution in [3.8, 4) is 0 Å². The van der Waals surface area contributed by atoms with E-state index in [2.05, 4.69) is 46.8 Å². The number of rotatable bonds is 46. The Morgan fingerprint density at radius 2 is 1.45 bits per heavy atom. The Bertz CT molecular complexity index is 2700. The van der Waals surface area contributed by atoms with Crippen LogP contribution in [0.25, 0.3) is 10.4 Å². The fourth-order valence-electron chi connectivity index (χ4n) is 12.1. The Kier molecular flexibility index (Phi) is 37.7. The first-order valence-corrected chi connectivity index (χ1v) is 35.7. The molecular weight excluding hydrogens is 1250 g/mol. The monoisotopic (exact) mass is 1360 g/mol. The highest BCUT2D eigenvalue weighted by atomic mass is 32.2. The van der Waals surface area contributed by atoms with Gasteiger partial charge in [0.15, 0.2) is 5.78 Å². The van der Waals surface area contributed by atoms with Crippen molar-refractivity contribution in [2.24, 2.45) is 46.4 Å². The van der Waals surface area contributed by atoms with Crippen molar-refractivity contribution in [1.29, 1.82) is 0 Å². The van der Waals surface area contributed by atoms with Gasteiger partial charge in [-0.25, -0.2) is 4.79 Å². The number of primary amides is 1. The lowest BCUT2D eigenvalue weighted by molar-refractivity contribution is -0.149. The van der Waals surface area contributed by atoms with Gasteiger partial charge in [-0.2, -0.15) is 38.5 Å². The molecule has 2 aromatic rings. The number of hydrogen-bond donors (Lipinski definition) is 6. The van der Waals surface area contributed by atoms with Crippen molar-refractivity contribution < 1.29 is 57.3 Å². The van der Waals surface area contributed by atoms with Gasteiger partial charge in [-0.1, -0.05) is 86.0 Å². The molecule has 29 heteroatoms. The molecule has 1 aromatic carbocycles. The number of Topliss-reactive ketones (excluding diaryl/α,β-unsaturated/α-hetero) is 1. The molecule has 1 fully saturated rings. The van der Waals surface area contributed by atoms with Crippen molar-refractivity contribution in [1.82, 2.24) is 51.0 Å². The number of likely N-dealkylation sites (N-methyl/N-ethyl adjacent to an activating group) is 2. The van der Waals surface area contributed by atoms with Crippen LogP contribution >= 0.6 is 23.5 Å². The van der Waals surface area contributed by atoms with E-state index in [-0.39, 0.29) is 118 Å². The molecule has 1 unspecified atom stereocenters. The largest absolute Gasteiger partial charge is 0.379 e. The molecule has 2 heterocycles. The van der Waals surface area contributed by atoms with Gasteiger partial charge in [0.2, 0.25) is 35.4 Å². The number of ketones is 1. The van der Waals surface area contributed by atoms with E-state index in [1.807, 2.05) is 73.0 Å². The number of nitrogens with two attached hydrogens (primary N) is 1. The zero-order valence-corrected chi connectivity index (χ0v) is 60.3. The standard InChI is InChI=1S/C65H111N15O12S2/c1-17-43(8)59(78(12)64(87)48(40(2)3)35-53(81)58(42(6)7)77(10)11)54(89-13)36-56(83)79-28-19-21-52(79)60(90-14)44(9)61(84)71-47(37-69-76-67)34-45-22-24-46(25-23-45)70-62(85)49(20-18-27-68-65(66)88)72-63(86)57(41(4)5)73-55(82)26-30-91-32-33-92-31-29-80-74-50(38-93-15)51(75-80)39-94-16/h22-25,40-44,47-49,52,54,57-60H,17-21,26-39H2,1-16H3,(H,70,85)(H,71,84)(H,72,86)(H,73,82)(H3,66,68,88)/t43-,44+,47-,48?,49-,52-,54+,57-,58-,59-,60+/m0/s1.